The van der Waals surface area contributed by atoms with E-state index in [1.807, 2.05) is 45.0 Å². The molecule has 0 N–H and O–H groups in total. The highest BCUT2D eigenvalue weighted by Gasteiger charge is 2.36. The van der Waals surface area contributed by atoms with Crippen molar-refractivity contribution < 1.29 is 9.59 Å². The van der Waals surface area contributed by atoms with Crippen LogP contribution in [0.3, 0.4) is 0 Å². The lowest BCUT2D eigenvalue weighted by Crippen LogP contribution is -2.27. The molecular formula is C23H18Cl2N2O2S. The maximum absolute atomic E-state index is 13.0. The predicted molar refractivity (Wildman–Crippen MR) is 125 cm³/mol. The molecule has 2 aromatic carbocycles. The summed E-state index contributed by atoms with van der Waals surface area (Å²) in [6.45, 7) is 6.02. The maximum atomic E-state index is 13.0. The average molecular weight is 457 g/mol. The summed E-state index contributed by atoms with van der Waals surface area (Å²) < 4.78 is 2.11. The molecule has 1 aliphatic heterocycles. The first-order chi connectivity index (χ1) is 14.3. The molecular weight excluding hydrogens is 439 g/mol. The summed E-state index contributed by atoms with van der Waals surface area (Å²) in [5, 5.41) is 0.788. The molecule has 1 aliphatic rings. The number of amides is 2. The number of carbonyl (C=O) groups is 2. The van der Waals surface area contributed by atoms with Crippen molar-refractivity contribution in [3.63, 3.8) is 0 Å². The summed E-state index contributed by atoms with van der Waals surface area (Å²) in [5.41, 5.74) is 5.40. The van der Waals surface area contributed by atoms with Crippen LogP contribution < -0.4 is 4.90 Å². The second-order valence-corrected chi connectivity index (χ2v) is 8.96. The van der Waals surface area contributed by atoms with Gasteiger partial charge < -0.3 is 4.57 Å². The first kappa shape index (κ1) is 20.8. The molecule has 1 fully saturated rings. The SMILES string of the molecule is Cc1ccc(Cl)cc1-n1c(C)cc(/C=C2/SC(=O)N(c3cccc(Cl)c3)C2=O)c1C. The summed E-state index contributed by atoms with van der Waals surface area (Å²) in [6.07, 6.45) is 1.77. The number of aryl methyl sites for hydroxylation is 2. The molecule has 1 aromatic heterocycles. The lowest BCUT2D eigenvalue weighted by molar-refractivity contribution is -0.113. The highest BCUT2D eigenvalue weighted by atomic mass is 35.5. The molecule has 1 saturated heterocycles. The fourth-order valence-electron chi connectivity index (χ4n) is 3.57. The van der Waals surface area contributed by atoms with Gasteiger partial charge in [-0.1, -0.05) is 35.3 Å². The normalized spacial score (nSPS) is 15.5. The molecule has 0 aliphatic carbocycles. The second kappa shape index (κ2) is 7.99. The highest BCUT2D eigenvalue weighted by molar-refractivity contribution is 8.19. The van der Waals surface area contributed by atoms with Crippen LogP contribution in [0.15, 0.2) is 53.4 Å². The Bertz CT molecular complexity index is 1230. The predicted octanol–water partition coefficient (Wildman–Crippen LogP) is 6.95. The van der Waals surface area contributed by atoms with Crippen LogP contribution >= 0.6 is 35.0 Å². The Hall–Kier alpha value is -2.47. The number of hydrogen-bond acceptors (Lipinski definition) is 3. The van der Waals surface area contributed by atoms with E-state index in [1.165, 1.54) is 0 Å². The van der Waals surface area contributed by atoms with Crippen LogP contribution in [0.25, 0.3) is 11.8 Å². The number of benzene rings is 2. The molecule has 0 spiro atoms. The van der Waals surface area contributed by atoms with Gasteiger partial charge in [0.1, 0.15) is 0 Å². The number of aromatic nitrogens is 1. The van der Waals surface area contributed by atoms with Crippen molar-refractivity contribution in [2.24, 2.45) is 0 Å². The van der Waals surface area contributed by atoms with Crippen molar-refractivity contribution in [3.8, 4) is 5.69 Å². The van der Waals surface area contributed by atoms with Gasteiger partial charge in [-0.2, -0.15) is 0 Å². The first-order valence-corrected chi connectivity index (χ1v) is 10.8. The highest BCUT2D eigenvalue weighted by Crippen LogP contribution is 2.37. The van der Waals surface area contributed by atoms with Crippen molar-refractivity contribution in [2.75, 3.05) is 4.90 Å². The summed E-state index contributed by atoms with van der Waals surface area (Å²) in [7, 11) is 0. The Balaban J connectivity index is 1.73. The molecule has 2 heterocycles. The Morgan fingerprint density at radius 3 is 2.40 bits per heavy atom. The van der Waals surface area contributed by atoms with Gasteiger partial charge >= 0.3 is 0 Å². The number of rotatable bonds is 3. The topological polar surface area (TPSA) is 42.3 Å². The standard InChI is InChI=1S/C23H18Cl2N2O2S/c1-13-7-8-18(25)12-20(13)26-14(2)9-16(15(26)3)10-21-22(28)27(23(29)30-21)19-6-4-5-17(24)11-19/h4-12H,1-3H3/b21-10+. The summed E-state index contributed by atoms with van der Waals surface area (Å²) >= 11 is 13.2. The van der Waals surface area contributed by atoms with Crippen molar-refractivity contribution >= 4 is 57.9 Å². The van der Waals surface area contributed by atoms with Gasteiger partial charge in [-0.15, -0.1) is 0 Å². The van der Waals surface area contributed by atoms with Crippen molar-refractivity contribution in [2.45, 2.75) is 20.8 Å². The molecule has 2 amide bonds. The monoisotopic (exact) mass is 456 g/mol. The van der Waals surface area contributed by atoms with E-state index in [-0.39, 0.29) is 11.1 Å². The van der Waals surface area contributed by atoms with E-state index in [4.69, 9.17) is 23.2 Å². The third-order valence-electron chi connectivity index (χ3n) is 5.03. The molecule has 3 aromatic rings. The van der Waals surface area contributed by atoms with Gasteiger partial charge in [-0.25, -0.2) is 4.90 Å². The van der Waals surface area contributed by atoms with E-state index in [1.54, 1.807) is 30.3 Å². The lowest BCUT2D eigenvalue weighted by atomic mass is 10.2. The van der Waals surface area contributed by atoms with Crippen LogP contribution in [-0.4, -0.2) is 15.7 Å². The van der Waals surface area contributed by atoms with E-state index in [2.05, 4.69) is 4.57 Å². The number of anilines is 1. The fourth-order valence-corrected chi connectivity index (χ4v) is 4.76. The Morgan fingerprint density at radius 2 is 1.67 bits per heavy atom. The molecule has 7 heteroatoms. The second-order valence-electron chi connectivity index (χ2n) is 7.09. The van der Waals surface area contributed by atoms with Crippen LogP contribution in [0.5, 0.6) is 0 Å². The Kier molecular flexibility index (Phi) is 5.53. The molecule has 30 heavy (non-hydrogen) atoms. The number of halogens is 2. The van der Waals surface area contributed by atoms with Crippen LogP contribution in [0.2, 0.25) is 10.0 Å². The molecule has 4 rings (SSSR count). The minimum Gasteiger partial charge on any atom is -0.318 e. The van der Waals surface area contributed by atoms with Crippen molar-refractivity contribution in [1.82, 2.24) is 4.57 Å². The van der Waals surface area contributed by atoms with Crippen LogP contribution in [0, 0.1) is 20.8 Å². The molecule has 0 saturated carbocycles. The van der Waals surface area contributed by atoms with E-state index < -0.39 is 0 Å². The van der Waals surface area contributed by atoms with Gasteiger partial charge in [0.15, 0.2) is 0 Å². The Morgan fingerprint density at radius 1 is 0.933 bits per heavy atom. The van der Waals surface area contributed by atoms with E-state index >= 15 is 0 Å². The van der Waals surface area contributed by atoms with E-state index in [0.717, 1.165) is 44.9 Å². The van der Waals surface area contributed by atoms with Crippen LogP contribution in [0.4, 0.5) is 10.5 Å². The van der Waals surface area contributed by atoms with Gasteiger partial charge in [0.2, 0.25) is 0 Å². The zero-order valence-corrected chi connectivity index (χ0v) is 18.9. The largest absolute Gasteiger partial charge is 0.318 e. The lowest BCUT2D eigenvalue weighted by Gasteiger charge is -2.13. The number of carbonyl (C=O) groups excluding carboxylic acids is 2. The number of hydrogen-bond donors (Lipinski definition) is 0. The van der Waals surface area contributed by atoms with Crippen molar-refractivity contribution in [1.29, 1.82) is 0 Å². The summed E-state index contributed by atoms with van der Waals surface area (Å²) in [6, 6.07) is 14.5. The number of imide groups is 1. The van der Waals surface area contributed by atoms with E-state index in [9.17, 15) is 9.59 Å². The summed E-state index contributed by atoms with van der Waals surface area (Å²) in [4.78, 5) is 27.0. The molecule has 0 radical (unpaired) electrons. The minimum atomic E-state index is -0.351. The zero-order chi connectivity index (χ0) is 21.6. The number of thioether (sulfide) groups is 1. The molecule has 0 bridgehead atoms. The molecule has 4 nitrogen and oxygen atoms in total. The molecule has 0 unspecified atom stereocenters. The minimum absolute atomic E-state index is 0.340. The fraction of sp³-hybridized carbons (Fsp3) is 0.130. The van der Waals surface area contributed by atoms with Gasteiger partial charge in [-0.3, -0.25) is 9.59 Å². The number of nitrogens with zero attached hydrogens (tertiary/aromatic N) is 2. The maximum Gasteiger partial charge on any atom is 0.298 e. The van der Waals surface area contributed by atoms with Crippen LogP contribution in [-0.2, 0) is 4.79 Å². The molecule has 152 valence electrons. The summed E-state index contributed by atoms with van der Waals surface area (Å²) in [5.74, 6) is -0.351. The zero-order valence-electron chi connectivity index (χ0n) is 16.6. The van der Waals surface area contributed by atoms with Gasteiger partial charge in [-0.05, 0) is 86.1 Å². The average Bonchev–Trinajstić information content (AvgIpc) is 3.12. The Labute approximate surface area is 189 Å². The first-order valence-electron chi connectivity index (χ1n) is 9.25. The smallest absolute Gasteiger partial charge is 0.298 e. The quantitative estimate of drug-likeness (QED) is 0.400. The van der Waals surface area contributed by atoms with E-state index in [0.29, 0.717) is 20.6 Å². The third-order valence-corrected chi connectivity index (χ3v) is 6.37. The van der Waals surface area contributed by atoms with Crippen molar-refractivity contribution in [3.05, 3.63) is 86.0 Å². The van der Waals surface area contributed by atoms with Gasteiger partial charge in [0.05, 0.1) is 10.6 Å². The van der Waals surface area contributed by atoms with Gasteiger partial charge in [0.25, 0.3) is 11.1 Å². The third kappa shape index (κ3) is 3.69. The van der Waals surface area contributed by atoms with Crippen LogP contribution in [0.1, 0.15) is 22.5 Å². The van der Waals surface area contributed by atoms with Gasteiger partial charge in [0, 0.05) is 27.1 Å². The molecule has 0 atom stereocenters.